The Morgan fingerprint density at radius 1 is 1.33 bits per heavy atom. The molecule has 1 fully saturated rings. The van der Waals surface area contributed by atoms with Crippen LogP contribution in [0.5, 0.6) is 0 Å². The van der Waals surface area contributed by atoms with Crippen LogP contribution in [0.4, 0.5) is 0 Å². The Balaban J connectivity index is 0.00000161. The highest BCUT2D eigenvalue weighted by molar-refractivity contribution is 5.85. The molecule has 3 rings (SSSR count). The van der Waals surface area contributed by atoms with Gasteiger partial charge >= 0.3 is 0 Å². The van der Waals surface area contributed by atoms with Crippen LogP contribution in [0.25, 0.3) is 11.4 Å². The molecule has 1 saturated heterocycles. The average Bonchev–Trinajstić information content (AvgIpc) is 3.18. The van der Waals surface area contributed by atoms with Crippen LogP contribution in [-0.4, -0.2) is 39.6 Å². The maximum atomic E-state index is 11.9. The summed E-state index contributed by atoms with van der Waals surface area (Å²) in [4.78, 5) is 11.9. The van der Waals surface area contributed by atoms with Gasteiger partial charge in [0.05, 0.1) is 5.92 Å². The van der Waals surface area contributed by atoms with Crippen LogP contribution < -0.4 is 10.6 Å². The first-order chi connectivity index (χ1) is 9.83. The Kier molecular flexibility index (Phi) is 5.24. The quantitative estimate of drug-likeness (QED) is 0.765. The maximum Gasteiger partial charge on any atom is 0.224 e. The molecule has 1 aliphatic heterocycles. The van der Waals surface area contributed by atoms with E-state index in [0.29, 0.717) is 12.4 Å². The van der Waals surface area contributed by atoms with E-state index in [2.05, 4.69) is 31.3 Å². The van der Waals surface area contributed by atoms with Crippen molar-refractivity contribution < 1.29 is 4.79 Å². The van der Waals surface area contributed by atoms with Crippen LogP contribution in [0.1, 0.15) is 12.0 Å². The lowest BCUT2D eigenvalue weighted by Crippen LogP contribution is -2.31. The molecule has 3 N–H and O–H groups in total. The summed E-state index contributed by atoms with van der Waals surface area (Å²) in [6.07, 6.45) is 0.919. The summed E-state index contributed by atoms with van der Waals surface area (Å²) in [5.74, 6) is 0.795. The van der Waals surface area contributed by atoms with Crippen LogP contribution in [0.15, 0.2) is 24.3 Å². The smallest absolute Gasteiger partial charge is 0.224 e. The molecule has 1 aliphatic rings. The number of carbonyl (C=O) groups is 1. The van der Waals surface area contributed by atoms with E-state index in [1.54, 1.807) is 0 Å². The Morgan fingerprint density at radius 2 is 2.14 bits per heavy atom. The van der Waals surface area contributed by atoms with Crippen molar-refractivity contribution in [3.63, 3.8) is 0 Å². The van der Waals surface area contributed by atoms with Crippen molar-refractivity contribution in [2.24, 2.45) is 5.92 Å². The van der Waals surface area contributed by atoms with E-state index in [1.807, 2.05) is 24.3 Å². The summed E-state index contributed by atoms with van der Waals surface area (Å²) in [5.41, 5.74) is 1.95. The van der Waals surface area contributed by atoms with Gasteiger partial charge in [-0.1, -0.05) is 24.3 Å². The molecule has 2 aromatic rings. The Morgan fingerprint density at radius 3 is 2.76 bits per heavy atom. The highest BCUT2D eigenvalue weighted by Gasteiger charge is 2.21. The summed E-state index contributed by atoms with van der Waals surface area (Å²) in [5, 5.41) is 19.9. The van der Waals surface area contributed by atoms with E-state index in [4.69, 9.17) is 0 Å². The molecular weight excluding hydrogens is 292 g/mol. The third-order valence-electron chi connectivity index (χ3n) is 3.46. The second-order valence-electron chi connectivity index (χ2n) is 4.84. The average molecular weight is 309 g/mol. The number of nitrogens with one attached hydrogen (secondary N) is 3. The second kappa shape index (κ2) is 7.14. The largest absolute Gasteiger partial charge is 0.352 e. The number of H-pyrrole nitrogens is 1. The molecule has 0 spiro atoms. The normalized spacial score (nSPS) is 17.2. The van der Waals surface area contributed by atoms with Crippen molar-refractivity contribution >= 4 is 18.3 Å². The molecule has 7 nitrogen and oxygen atoms in total. The molecule has 112 valence electrons. The minimum atomic E-state index is 0. The van der Waals surface area contributed by atoms with E-state index in [1.165, 1.54) is 0 Å². The minimum Gasteiger partial charge on any atom is -0.352 e. The zero-order valence-electron chi connectivity index (χ0n) is 11.4. The van der Waals surface area contributed by atoms with Gasteiger partial charge in [0, 0.05) is 18.7 Å². The fourth-order valence-electron chi connectivity index (χ4n) is 2.27. The van der Waals surface area contributed by atoms with E-state index in [0.717, 1.165) is 30.6 Å². The molecule has 1 unspecified atom stereocenters. The Hall–Kier alpha value is -1.99. The SMILES string of the molecule is Cl.O=C(NCc1ccc(-c2nn[nH]n2)cc1)C1CCNC1. The van der Waals surface area contributed by atoms with Gasteiger partial charge in [0.25, 0.3) is 0 Å². The molecular formula is C13H17ClN6O. The van der Waals surface area contributed by atoms with Crippen LogP contribution in [0.3, 0.4) is 0 Å². The molecule has 2 heterocycles. The van der Waals surface area contributed by atoms with E-state index in [9.17, 15) is 4.79 Å². The molecule has 0 saturated carbocycles. The number of aromatic amines is 1. The van der Waals surface area contributed by atoms with Crippen molar-refractivity contribution in [3.05, 3.63) is 29.8 Å². The number of aromatic nitrogens is 4. The highest BCUT2D eigenvalue weighted by atomic mass is 35.5. The Bertz CT molecular complexity index is 565. The summed E-state index contributed by atoms with van der Waals surface area (Å²) in [6.45, 7) is 2.25. The monoisotopic (exact) mass is 308 g/mol. The number of halogens is 1. The van der Waals surface area contributed by atoms with Gasteiger partial charge in [-0.15, -0.1) is 22.6 Å². The van der Waals surface area contributed by atoms with E-state index < -0.39 is 0 Å². The van der Waals surface area contributed by atoms with Gasteiger partial charge in [-0.3, -0.25) is 4.79 Å². The van der Waals surface area contributed by atoms with Crippen molar-refractivity contribution in [1.29, 1.82) is 0 Å². The lowest BCUT2D eigenvalue weighted by Gasteiger charge is -2.10. The minimum absolute atomic E-state index is 0. The number of hydrogen-bond donors (Lipinski definition) is 3. The predicted octanol–water partition coefficient (Wildman–Crippen LogP) is 0.514. The van der Waals surface area contributed by atoms with Gasteiger partial charge in [0.15, 0.2) is 0 Å². The van der Waals surface area contributed by atoms with Crippen LogP contribution in [0.2, 0.25) is 0 Å². The number of amides is 1. The number of tetrazole rings is 1. The van der Waals surface area contributed by atoms with Crippen molar-refractivity contribution in [1.82, 2.24) is 31.3 Å². The molecule has 8 heteroatoms. The third-order valence-corrected chi connectivity index (χ3v) is 3.46. The van der Waals surface area contributed by atoms with Crippen molar-refractivity contribution in [2.45, 2.75) is 13.0 Å². The predicted molar refractivity (Wildman–Crippen MR) is 79.7 cm³/mol. The molecule has 0 aliphatic carbocycles. The highest BCUT2D eigenvalue weighted by Crippen LogP contribution is 2.14. The third kappa shape index (κ3) is 3.77. The zero-order chi connectivity index (χ0) is 13.8. The van der Waals surface area contributed by atoms with Crippen molar-refractivity contribution in [3.8, 4) is 11.4 Å². The first-order valence-corrected chi connectivity index (χ1v) is 6.64. The van der Waals surface area contributed by atoms with E-state index in [-0.39, 0.29) is 24.2 Å². The Labute approximate surface area is 128 Å². The molecule has 1 atom stereocenters. The van der Waals surface area contributed by atoms with Gasteiger partial charge in [0.2, 0.25) is 11.7 Å². The maximum absolute atomic E-state index is 11.9. The fraction of sp³-hybridized carbons (Fsp3) is 0.385. The van der Waals surface area contributed by atoms with Crippen LogP contribution in [0, 0.1) is 5.92 Å². The zero-order valence-corrected chi connectivity index (χ0v) is 12.2. The molecule has 21 heavy (non-hydrogen) atoms. The molecule has 1 aromatic carbocycles. The number of hydrogen-bond acceptors (Lipinski definition) is 5. The summed E-state index contributed by atoms with van der Waals surface area (Å²) in [6, 6.07) is 7.75. The van der Waals surface area contributed by atoms with Crippen LogP contribution >= 0.6 is 12.4 Å². The van der Waals surface area contributed by atoms with Gasteiger partial charge < -0.3 is 10.6 Å². The first-order valence-electron chi connectivity index (χ1n) is 6.64. The lowest BCUT2D eigenvalue weighted by molar-refractivity contribution is -0.124. The lowest BCUT2D eigenvalue weighted by atomic mass is 10.1. The van der Waals surface area contributed by atoms with Gasteiger partial charge in [-0.2, -0.15) is 5.21 Å². The topological polar surface area (TPSA) is 95.6 Å². The molecule has 1 amide bonds. The fourth-order valence-corrected chi connectivity index (χ4v) is 2.27. The summed E-state index contributed by atoms with van der Waals surface area (Å²) in [7, 11) is 0. The first kappa shape index (κ1) is 15.4. The summed E-state index contributed by atoms with van der Waals surface area (Å²) < 4.78 is 0. The molecule has 0 radical (unpaired) electrons. The molecule has 0 bridgehead atoms. The summed E-state index contributed by atoms with van der Waals surface area (Å²) >= 11 is 0. The van der Waals surface area contributed by atoms with Crippen LogP contribution in [-0.2, 0) is 11.3 Å². The number of rotatable bonds is 4. The van der Waals surface area contributed by atoms with Gasteiger partial charge in [0.1, 0.15) is 0 Å². The number of nitrogens with zero attached hydrogens (tertiary/aromatic N) is 3. The van der Waals surface area contributed by atoms with Gasteiger partial charge in [-0.25, -0.2) is 0 Å². The van der Waals surface area contributed by atoms with E-state index >= 15 is 0 Å². The number of benzene rings is 1. The standard InChI is InChI=1S/C13H16N6O.ClH/c20-13(11-5-6-14-8-11)15-7-9-1-3-10(4-2-9)12-16-18-19-17-12;/h1-4,11,14H,5-8H2,(H,15,20)(H,16,17,18,19);1H. The second-order valence-corrected chi connectivity index (χ2v) is 4.84. The molecule has 1 aromatic heterocycles. The van der Waals surface area contributed by atoms with Crippen molar-refractivity contribution in [2.75, 3.05) is 13.1 Å². The number of carbonyl (C=O) groups excluding carboxylic acids is 1. The van der Waals surface area contributed by atoms with Gasteiger partial charge in [-0.05, 0) is 23.7 Å².